The van der Waals surface area contributed by atoms with E-state index >= 15 is 0 Å². The second-order valence-corrected chi connectivity index (χ2v) is 4.84. The van der Waals surface area contributed by atoms with Crippen LogP contribution in [0.2, 0.25) is 0 Å². The molecular formula is C13H20N2O3. The van der Waals surface area contributed by atoms with Crippen LogP contribution in [0.15, 0.2) is 16.5 Å². The molecule has 5 heteroatoms. The first kappa shape index (κ1) is 13.1. The van der Waals surface area contributed by atoms with Crippen molar-refractivity contribution in [1.29, 1.82) is 0 Å². The Bertz CT molecular complexity index is 408. The number of piperazine rings is 1. The van der Waals surface area contributed by atoms with Crippen molar-refractivity contribution < 1.29 is 14.3 Å². The van der Waals surface area contributed by atoms with E-state index in [0.717, 1.165) is 44.2 Å². The van der Waals surface area contributed by atoms with E-state index in [4.69, 9.17) is 9.52 Å². The molecule has 0 spiro atoms. The third kappa shape index (κ3) is 3.11. The molecule has 0 bridgehead atoms. The maximum absolute atomic E-state index is 10.9. The van der Waals surface area contributed by atoms with Gasteiger partial charge in [-0.3, -0.25) is 14.6 Å². The lowest BCUT2D eigenvalue weighted by Gasteiger charge is -2.36. The second-order valence-electron chi connectivity index (χ2n) is 4.84. The van der Waals surface area contributed by atoms with Gasteiger partial charge in [-0.2, -0.15) is 0 Å². The molecule has 0 amide bonds. The molecule has 1 fully saturated rings. The molecule has 0 aliphatic carbocycles. The highest BCUT2D eigenvalue weighted by molar-refractivity contribution is 5.72. The Morgan fingerprint density at radius 2 is 2.06 bits per heavy atom. The minimum Gasteiger partial charge on any atom is -0.480 e. The van der Waals surface area contributed by atoms with E-state index in [2.05, 4.69) is 4.90 Å². The number of hydrogen-bond donors (Lipinski definition) is 1. The van der Waals surface area contributed by atoms with E-state index in [0.29, 0.717) is 0 Å². The van der Waals surface area contributed by atoms with Gasteiger partial charge in [-0.1, -0.05) is 0 Å². The van der Waals surface area contributed by atoms with Crippen molar-refractivity contribution in [3.63, 3.8) is 0 Å². The monoisotopic (exact) mass is 252 g/mol. The first-order valence-corrected chi connectivity index (χ1v) is 6.31. The first-order chi connectivity index (χ1) is 8.56. The van der Waals surface area contributed by atoms with Gasteiger partial charge in [-0.15, -0.1) is 0 Å². The highest BCUT2D eigenvalue weighted by Gasteiger charge is 2.25. The van der Waals surface area contributed by atoms with Gasteiger partial charge in [-0.05, 0) is 26.0 Å². The van der Waals surface area contributed by atoms with E-state index in [1.54, 1.807) is 6.92 Å². The molecule has 2 heterocycles. The molecule has 1 unspecified atom stereocenters. The van der Waals surface area contributed by atoms with E-state index in [1.807, 2.05) is 24.0 Å². The number of hydrogen-bond acceptors (Lipinski definition) is 4. The fraction of sp³-hybridized carbons (Fsp3) is 0.615. The fourth-order valence-corrected chi connectivity index (χ4v) is 2.26. The maximum atomic E-state index is 10.9. The summed E-state index contributed by atoms with van der Waals surface area (Å²) in [6, 6.07) is 3.58. The van der Waals surface area contributed by atoms with Crippen LogP contribution in [0.1, 0.15) is 18.4 Å². The van der Waals surface area contributed by atoms with E-state index in [-0.39, 0.29) is 0 Å². The van der Waals surface area contributed by atoms with Crippen molar-refractivity contribution in [2.24, 2.45) is 0 Å². The Balaban J connectivity index is 1.81. The standard InChI is InChI=1S/C13H20N2O3/c1-10-3-4-12(18-10)9-14-5-7-15(8-6-14)11(2)13(16)17/h3-4,11H,5-9H2,1-2H3,(H,16,17). The molecule has 1 aromatic rings. The Hall–Kier alpha value is -1.33. The molecule has 1 aliphatic heterocycles. The zero-order valence-corrected chi connectivity index (χ0v) is 10.9. The van der Waals surface area contributed by atoms with E-state index < -0.39 is 12.0 Å². The third-order valence-electron chi connectivity index (χ3n) is 3.49. The molecule has 0 saturated carbocycles. The van der Waals surface area contributed by atoms with Crippen LogP contribution in [0.3, 0.4) is 0 Å². The van der Waals surface area contributed by atoms with Crippen LogP contribution < -0.4 is 0 Å². The average molecular weight is 252 g/mol. The molecule has 1 aromatic heterocycles. The summed E-state index contributed by atoms with van der Waals surface area (Å²) >= 11 is 0. The lowest BCUT2D eigenvalue weighted by atomic mass is 10.2. The predicted molar refractivity (Wildman–Crippen MR) is 67.4 cm³/mol. The van der Waals surface area contributed by atoms with Crippen molar-refractivity contribution in [2.45, 2.75) is 26.4 Å². The van der Waals surface area contributed by atoms with Crippen LogP contribution in [0.5, 0.6) is 0 Å². The topological polar surface area (TPSA) is 56.9 Å². The average Bonchev–Trinajstić information content (AvgIpc) is 2.75. The van der Waals surface area contributed by atoms with Gasteiger partial charge in [-0.25, -0.2) is 0 Å². The van der Waals surface area contributed by atoms with Crippen LogP contribution in [0, 0.1) is 6.92 Å². The molecule has 0 aromatic carbocycles. The predicted octanol–water partition coefficient (Wildman–Crippen LogP) is 1.18. The summed E-state index contributed by atoms with van der Waals surface area (Å²) in [4.78, 5) is 15.2. The van der Waals surface area contributed by atoms with Gasteiger partial charge >= 0.3 is 5.97 Å². The van der Waals surface area contributed by atoms with Crippen LogP contribution in [0.25, 0.3) is 0 Å². The highest BCUT2D eigenvalue weighted by Crippen LogP contribution is 2.12. The molecular weight excluding hydrogens is 232 g/mol. The number of nitrogens with zero attached hydrogens (tertiary/aromatic N) is 2. The minimum absolute atomic E-state index is 0.391. The van der Waals surface area contributed by atoms with Gasteiger partial charge < -0.3 is 9.52 Å². The molecule has 2 rings (SSSR count). The summed E-state index contributed by atoms with van der Waals surface area (Å²) in [5.74, 6) is 1.17. The molecule has 1 atom stereocenters. The molecule has 1 aliphatic rings. The smallest absolute Gasteiger partial charge is 0.320 e. The molecule has 18 heavy (non-hydrogen) atoms. The first-order valence-electron chi connectivity index (χ1n) is 6.31. The van der Waals surface area contributed by atoms with Gasteiger partial charge in [0.1, 0.15) is 17.6 Å². The van der Waals surface area contributed by atoms with Crippen molar-refractivity contribution in [2.75, 3.05) is 26.2 Å². The normalized spacial score (nSPS) is 19.9. The van der Waals surface area contributed by atoms with E-state index in [9.17, 15) is 4.79 Å². The summed E-state index contributed by atoms with van der Waals surface area (Å²) in [6.07, 6.45) is 0. The highest BCUT2D eigenvalue weighted by atomic mass is 16.4. The van der Waals surface area contributed by atoms with Gasteiger partial charge in [0.15, 0.2) is 0 Å². The van der Waals surface area contributed by atoms with Crippen LogP contribution >= 0.6 is 0 Å². The van der Waals surface area contributed by atoms with E-state index in [1.165, 1.54) is 0 Å². The zero-order valence-electron chi connectivity index (χ0n) is 10.9. The summed E-state index contributed by atoms with van der Waals surface area (Å²) in [7, 11) is 0. The second kappa shape index (κ2) is 5.54. The quantitative estimate of drug-likeness (QED) is 0.872. The zero-order chi connectivity index (χ0) is 13.1. The number of aryl methyl sites for hydroxylation is 1. The molecule has 0 radical (unpaired) electrons. The minimum atomic E-state index is -0.745. The van der Waals surface area contributed by atoms with Crippen LogP contribution in [0.4, 0.5) is 0 Å². The van der Waals surface area contributed by atoms with Crippen LogP contribution in [-0.4, -0.2) is 53.1 Å². The van der Waals surface area contributed by atoms with Gasteiger partial charge in [0, 0.05) is 26.2 Å². The van der Waals surface area contributed by atoms with Gasteiger partial charge in [0.05, 0.1) is 6.54 Å². The number of carboxylic acids is 1. The largest absolute Gasteiger partial charge is 0.480 e. The van der Waals surface area contributed by atoms with Crippen LogP contribution in [-0.2, 0) is 11.3 Å². The summed E-state index contributed by atoms with van der Waals surface area (Å²) in [5.41, 5.74) is 0. The fourth-order valence-electron chi connectivity index (χ4n) is 2.26. The number of aliphatic carboxylic acids is 1. The number of carbonyl (C=O) groups is 1. The number of rotatable bonds is 4. The molecule has 1 N–H and O–H groups in total. The van der Waals surface area contributed by atoms with Crippen molar-refractivity contribution >= 4 is 5.97 Å². The third-order valence-corrected chi connectivity index (χ3v) is 3.49. The summed E-state index contributed by atoms with van der Waals surface area (Å²) < 4.78 is 5.55. The SMILES string of the molecule is Cc1ccc(CN2CCN(C(C)C(=O)O)CC2)o1. The Kier molecular flexibility index (Phi) is 4.04. The Labute approximate surface area is 107 Å². The lowest BCUT2D eigenvalue weighted by molar-refractivity contribution is -0.143. The number of carboxylic acid groups (broad SMARTS) is 1. The maximum Gasteiger partial charge on any atom is 0.320 e. The summed E-state index contributed by atoms with van der Waals surface area (Å²) in [6.45, 7) is 7.86. The Morgan fingerprint density at radius 1 is 1.39 bits per heavy atom. The number of furan rings is 1. The van der Waals surface area contributed by atoms with Crippen molar-refractivity contribution in [3.05, 3.63) is 23.7 Å². The van der Waals surface area contributed by atoms with Gasteiger partial charge in [0.25, 0.3) is 0 Å². The molecule has 1 saturated heterocycles. The molecule has 5 nitrogen and oxygen atoms in total. The lowest BCUT2D eigenvalue weighted by Crippen LogP contribution is -2.51. The van der Waals surface area contributed by atoms with Crippen molar-refractivity contribution in [3.8, 4) is 0 Å². The Morgan fingerprint density at radius 3 is 2.56 bits per heavy atom. The summed E-state index contributed by atoms with van der Waals surface area (Å²) in [5, 5.41) is 8.97. The molecule has 100 valence electrons. The van der Waals surface area contributed by atoms with Crippen molar-refractivity contribution in [1.82, 2.24) is 9.80 Å². The van der Waals surface area contributed by atoms with Gasteiger partial charge in [0.2, 0.25) is 0 Å².